The average Bonchev–Trinajstić information content (AvgIpc) is 2.31. The second-order valence-electron chi connectivity index (χ2n) is 4.27. The minimum Gasteiger partial charge on any atom is -0.342 e. The molecule has 1 amide bonds. The Kier molecular flexibility index (Phi) is 3.20. The van der Waals surface area contributed by atoms with Crippen molar-refractivity contribution in [3.63, 3.8) is 0 Å². The molecule has 0 aliphatic rings. The van der Waals surface area contributed by atoms with E-state index in [0.29, 0.717) is 11.1 Å². The minimum absolute atomic E-state index is 0.131. The Balaban J connectivity index is 2.66. The maximum atomic E-state index is 13.5. The zero-order valence-corrected chi connectivity index (χ0v) is 10.4. The molecule has 2 rings (SSSR count). The van der Waals surface area contributed by atoms with E-state index in [2.05, 4.69) is 9.97 Å². The van der Waals surface area contributed by atoms with Gasteiger partial charge in [-0.15, -0.1) is 0 Å². The quantitative estimate of drug-likeness (QED) is 0.767. The fourth-order valence-electron chi connectivity index (χ4n) is 1.75. The van der Waals surface area contributed by atoms with E-state index in [1.54, 1.807) is 7.05 Å². The summed E-state index contributed by atoms with van der Waals surface area (Å²) in [6.45, 7) is 1.51. The Hall–Kier alpha value is -2.44. The summed E-state index contributed by atoms with van der Waals surface area (Å²) in [6.07, 6.45) is 0. The highest BCUT2D eigenvalue weighted by atomic mass is 19.1. The first-order valence-electron chi connectivity index (χ1n) is 5.55. The van der Waals surface area contributed by atoms with Gasteiger partial charge in [-0.3, -0.25) is 14.4 Å². The Morgan fingerprint density at radius 1 is 1.26 bits per heavy atom. The van der Waals surface area contributed by atoms with Gasteiger partial charge in [0.15, 0.2) is 0 Å². The van der Waals surface area contributed by atoms with Crippen LogP contribution < -0.4 is 11.1 Å². The van der Waals surface area contributed by atoms with Crippen LogP contribution in [0.5, 0.6) is 0 Å². The predicted octanol–water partition coefficient (Wildman–Crippen LogP) is 0.334. The van der Waals surface area contributed by atoms with E-state index in [1.807, 2.05) is 0 Å². The van der Waals surface area contributed by atoms with Gasteiger partial charge in [-0.25, -0.2) is 4.39 Å². The molecular weight excluding hydrogens is 253 g/mol. The lowest BCUT2D eigenvalue weighted by molar-refractivity contribution is -0.128. The Morgan fingerprint density at radius 2 is 1.89 bits per heavy atom. The van der Waals surface area contributed by atoms with Gasteiger partial charge in [0.05, 0.1) is 11.0 Å². The summed E-state index contributed by atoms with van der Waals surface area (Å²) in [7, 11) is 1.56. The van der Waals surface area contributed by atoms with Crippen molar-refractivity contribution in [3.05, 3.63) is 44.2 Å². The van der Waals surface area contributed by atoms with Crippen molar-refractivity contribution in [2.45, 2.75) is 13.5 Å². The molecule has 0 unspecified atom stereocenters. The third-order valence-corrected chi connectivity index (χ3v) is 2.82. The number of carbonyl (C=O) groups excluding carboxylic acids is 1. The minimum atomic E-state index is -0.844. The van der Waals surface area contributed by atoms with Crippen LogP contribution in [0.3, 0.4) is 0 Å². The molecule has 0 spiro atoms. The van der Waals surface area contributed by atoms with Gasteiger partial charge in [-0.05, 0) is 12.1 Å². The first kappa shape index (κ1) is 13.0. The van der Waals surface area contributed by atoms with Gasteiger partial charge in [0, 0.05) is 26.1 Å². The molecule has 0 aliphatic carbocycles. The molecule has 2 N–H and O–H groups in total. The Morgan fingerprint density at radius 3 is 2.53 bits per heavy atom. The lowest BCUT2D eigenvalue weighted by Crippen LogP contribution is -2.30. The van der Waals surface area contributed by atoms with Crippen molar-refractivity contribution in [2.75, 3.05) is 7.05 Å². The molecule has 0 saturated heterocycles. The molecule has 1 heterocycles. The number of rotatable bonds is 2. The molecule has 19 heavy (non-hydrogen) atoms. The van der Waals surface area contributed by atoms with Crippen molar-refractivity contribution in [1.82, 2.24) is 14.9 Å². The largest absolute Gasteiger partial charge is 0.342 e. The van der Waals surface area contributed by atoms with Crippen LogP contribution in [0.4, 0.5) is 4.39 Å². The van der Waals surface area contributed by atoms with E-state index >= 15 is 0 Å². The lowest BCUT2D eigenvalue weighted by atomic mass is 10.1. The standard InChI is InChI=1S/C12H12FN3O3/c1-6(17)16(2)5-7-3-8(13)4-9-10(7)15-12(19)11(18)14-9/h3-4H,5H2,1-2H3,(H,14,18)(H,15,19). The summed E-state index contributed by atoms with van der Waals surface area (Å²) < 4.78 is 13.5. The molecule has 1 aromatic heterocycles. The Bertz CT molecular complexity index is 763. The van der Waals surface area contributed by atoms with Gasteiger partial charge >= 0.3 is 11.1 Å². The number of hydrogen-bond donors (Lipinski definition) is 2. The number of nitrogens with zero attached hydrogens (tertiary/aromatic N) is 1. The summed E-state index contributed by atoms with van der Waals surface area (Å²) in [5.74, 6) is -0.744. The molecule has 0 radical (unpaired) electrons. The topological polar surface area (TPSA) is 86.0 Å². The van der Waals surface area contributed by atoms with Crippen molar-refractivity contribution in [2.24, 2.45) is 0 Å². The monoisotopic (exact) mass is 265 g/mol. The lowest BCUT2D eigenvalue weighted by Gasteiger charge is -2.16. The number of nitrogens with one attached hydrogen (secondary N) is 2. The van der Waals surface area contributed by atoms with Crippen LogP contribution in [0.25, 0.3) is 11.0 Å². The summed E-state index contributed by atoms with van der Waals surface area (Å²) in [6, 6.07) is 2.33. The molecule has 6 nitrogen and oxygen atoms in total. The van der Waals surface area contributed by atoms with Gasteiger partial charge in [-0.1, -0.05) is 0 Å². The van der Waals surface area contributed by atoms with Gasteiger partial charge in [-0.2, -0.15) is 0 Å². The van der Waals surface area contributed by atoms with Crippen LogP contribution in [0.1, 0.15) is 12.5 Å². The van der Waals surface area contributed by atoms with E-state index in [1.165, 1.54) is 17.9 Å². The summed E-state index contributed by atoms with van der Waals surface area (Å²) in [5, 5.41) is 0. The van der Waals surface area contributed by atoms with Crippen LogP contribution in [-0.4, -0.2) is 27.8 Å². The highest BCUT2D eigenvalue weighted by molar-refractivity contribution is 5.79. The van der Waals surface area contributed by atoms with Gasteiger partial charge < -0.3 is 14.9 Å². The summed E-state index contributed by atoms with van der Waals surface area (Å²) in [5.41, 5.74) is -0.730. The van der Waals surface area contributed by atoms with E-state index in [0.717, 1.165) is 6.07 Å². The zero-order chi connectivity index (χ0) is 14.2. The molecule has 100 valence electrons. The number of H-pyrrole nitrogens is 2. The highest BCUT2D eigenvalue weighted by Gasteiger charge is 2.11. The number of fused-ring (bicyclic) bond motifs is 1. The van der Waals surface area contributed by atoms with Gasteiger partial charge in [0.25, 0.3) is 0 Å². The number of benzene rings is 1. The Labute approximate surface area is 106 Å². The second-order valence-corrected chi connectivity index (χ2v) is 4.27. The second kappa shape index (κ2) is 4.68. The third kappa shape index (κ3) is 2.54. The molecule has 2 aromatic rings. The molecule has 0 bridgehead atoms. The predicted molar refractivity (Wildman–Crippen MR) is 67.3 cm³/mol. The first-order valence-corrected chi connectivity index (χ1v) is 5.55. The van der Waals surface area contributed by atoms with Crippen molar-refractivity contribution in [1.29, 1.82) is 0 Å². The highest BCUT2D eigenvalue weighted by Crippen LogP contribution is 2.16. The first-order chi connectivity index (χ1) is 8.88. The third-order valence-electron chi connectivity index (χ3n) is 2.82. The fourth-order valence-corrected chi connectivity index (χ4v) is 1.75. The van der Waals surface area contributed by atoms with E-state index in [4.69, 9.17) is 0 Å². The maximum Gasteiger partial charge on any atom is 0.314 e. The molecule has 1 aromatic carbocycles. The summed E-state index contributed by atoms with van der Waals surface area (Å²) in [4.78, 5) is 39.8. The van der Waals surface area contributed by atoms with Crippen molar-refractivity contribution in [3.8, 4) is 0 Å². The van der Waals surface area contributed by atoms with Crippen LogP contribution >= 0.6 is 0 Å². The average molecular weight is 265 g/mol. The van der Waals surface area contributed by atoms with E-state index in [-0.39, 0.29) is 18.0 Å². The summed E-state index contributed by atoms with van der Waals surface area (Å²) >= 11 is 0. The van der Waals surface area contributed by atoms with Crippen LogP contribution in [0.2, 0.25) is 0 Å². The van der Waals surface area contributed by atoms with Crippen molar-refractivity contribution < 1.29 is 9.18 Å². The maximum absolute atomic E-state index is 13.5. The van der Waals surface area contributed by atoms with E-state index < -0.39 is 16.9 Å². The number of carbonyl (C=O) groups is 1. The number of aromatic nitrogens is 2. The zero-order valence-electron chi connectivity index (χ0n) is 10.4. The number of aromatic amines is 2. The molecule has 0 saturated carbocycles. The SMILES string of the molecule is CC(=O)N(C)Cc1cc(F)cc2[nH]c(=O)c(=O)[nH]c12. The van der Waals surface area contributed by atoms with Crippen LogP contribution in [0.15, 0.2) is 21.7 Å². The van der Waals surface area contributed by atoms with Gasteiger partial charge in [0.2, 0.25) is 5.91 Å². The van der Waals surface area contributed by atoms with Gasteiger partial charge in [0.1, 0.15) is 5.82 Å². The molecule has 0 aliphatic heterocycles. The fraction of sp³-hybridized carbons (Fsp3) is 0.250. The number of amides is 1. The normalized spacial score (nSPS) is 10.7. The van der Waals surface area contributed by atoms with Crippen LogP contribution in [0, 0.1) is 5.82 Å². The smallest absolute Gasteiger partial charge is 0.314 e. The number of hydrogen-bond acceptors (Lipinski definition) is 3. The molecule has 0 fully saturated rings. The molecule has 7 heteroatoms. The number of halogens is 1. The van der Waals surface area contributed by atoms with E-state index in [9.17, 15) is 18.8 Å². The molecular formula is C12H12FN3O3. The molecule has 0 atom stereocenters. The van der Waals surface area contributed by atoms with Crippen LogP contribution in [-0.2, 0) is 11.3 Å². The van der Waals surface area contributed by atoms with Crippen molar-refractivity contribution >= 4 is 16.9 Å².